The zero-order valence-corrected chi connectivity index (χ0v) is 7.99. The van der Waals surface area contributed by atoms with Crippen molar-refractivity contribution >= 4 is 23.4 Å². The summed E-state index contributed by atoms with van der Waals surface area (Å²) >= 11 is 5.83. The lowest BCUT2D eigenvalue weighted by Crippen LogP contribution is -2.22. The van der Waals surface area contributed by atoms with E-state index in [4.69, 9.17) is 11.6 Å². The monoisotopic (exact) mass is 209 g/mol. The number of nitrogens with one attached hydrogen (secondary N) is 1. The molecule has 0 saturated carbocycles. The van der Waals surface area contributed by atoms with Crippen molar-refractivity contribution < 1.29 is 9.59 Å². The van der Waals surface area contributed by atoms with E-state index >= 15 is 0 Å². The Morgan fingerprint density at radius 1 is 1.07 bits per heavy atom. The predicted octanol–water partition coefficient (Wildman–Crippen LogP) is 1.03. The summed E-state index contributed by atoms with van der Waals surface area (Å²) in [4.78, 5) is 22.5. The van der Waals surface area contributed by atoms with E-state index < -0.39 is 17.2 Å². The number of hydrogen-bond donors (Lipinski definition) is 1. The fraction of sp³-hybridized carbons (Fsp3) is 0.200. The van der Waals surface area contributed by atoms with Crippen LogP contribution in [-0.2, 0) is 9.59 Å². The molecule has 0 unspecified atom stereocenters. The van der Waals surface area contributed by atoms with E-state index in [1.165, 1.54) is 0 Å². The van der Waals surface area contributed by atoms with Gasteiger partial charge in [-0.15, -0.1) is 11.6 Å². The molecule has 72 valence electrons. The zero-order chi connectivity index (χ0) is 10.1. The lowest BCUT2D eigenvalue weighted by atomic mass is 9.97. The van der Waals surface area contributed by atoms with E-state index in [-0.39, 0.29) is 5.91 Å². The van der Waals surface area contributed by atoms with Crippen LogP contribution < -0.4 is 5.32 Å². The number of amides is 2. The molecule has 1 heterocycles. The van der Waals surface area contributed by atoms with Crippen molar-refractivity contribution in [1.82, 2.24) is 5.32 Å². The van der Waals surface area contributed by atoms with Gasteiger partial charge < -0.3 is 0 Å². The first-order valence-corrected chi connectivity index (χ1v) is 4.67. The zero-order valence-electron chi connectivity index (χ0n) is 7.24. The number of halogens is 1. The van der Waals surface area contributed by atoms with Gasteiger partial charge in [0, 0.05) is 0 Å². The van der Waals surface area contributed by atoms with Crippen LogP contribution >= 0.6 is 11.6 Å². The Hall–Kier alpha value is -1.35. The maximum Gasteiger partial charge on any atom is 0.245 e. The van der Waals surface area contributed by atoms with E-state index in [2.05, 4.69) is 5.32 Å². The van der Waals surface area contributed by atoms with Crippen molar-refractivity contribution in [3.8, 4) is 0 Å². The van der Waals surface area contributed by atoms with Crippen molar-refractivity contribution in [2.24, 2.45) is 0 Å². The second-order valence-electron chi connectivity index (χ2n) is 3.14. The molecule has 1 aliphatic rings. The molecule has 0 spiro atoms. The van der Waals surface area contributed by atoms with Gasteiger partial charge in [0.05, 0.1) is 5.92 Å². The number of hydrogen-bond acceptors (Lipinski definition) is 2. The van der Waals surface area contributed by atoms with Gasteiger partial charge in [-0.3, -0.25) is 14.9 Å². The van der Waals surface area contributed by atoms with Gasteiger partial charge in [-0.25, -0.2) is 0 Å². The summed E-state index contributed by atoms with van der Waals surface area (Å²) in [7, 11) is 0. The first-order chi connectivity index (χ1) is 6.70. The molecular formula is C10H8ClNO2. The highest BCUT2D eigenvalue weighted by Gasteiger charge is 2.41. The average molecular weight is 210 g/mol. The second-order valence-corrected chi connectivity index (χ2v) is 3.61. The molecule has 0 bridgehead atoms. The highest BCUT2D eigenvalue weighted by Crippen LogP contribution is 2.28. The molecule has 0 radical (unpaired) electrons. The van der Waals surface area contributed by atoms with Gasteiger partial charge in [0.15, 0.2) is 0 Å². The van der Waals surface area contributed by atoms with Crippen LogP contribution in [-0.4, -0.2) is 17.2 Å². The first-order valence-electron chi connectivity index (χ1n) is 4.24. The summed E-state index contributed by atoms with van der Waals surface area (Å²) < 4.78 is 0. The molecule has 1 saturated heterocycles. The first kappa shape index (κ1) is 9.21. The number of alkyl halides is 1. The van der Waals surface area contributed by atoms with Gasteiger partial charge in [-0.05, 0) is 5.56 Å². The van der Waals surface area contributed by atoms with Gasteiger partial charge in [0.1, 0.15) is 5.38 Å². The topological polar surface area (TPSA) is 46.2 Å². The predicted molar refractivity (Wildman–Crippen MR) is 52.0 cm³/mol. The number of imide groups is 1. The second kappa shape index (κ2) is 3.42. The van der Waals surface area contributed by atoms with Crippen LogP contribution in [0.15, 0.2) is 30.3 Å². The van der Waals surface area contributed by atoms with E-state index in [0.717, 1.165) is 5.56 Å². The summed E-state index contributed by atoms with van der Waals surface area (Å²) in [5.41, 5.74) is 0.774. The minimum absolute atomic E-state index is 0.318. The molecule has 1 aliphatic heterocycles. The van der Waals surface area contributed by atoms with Crippen LogP contribution in [0.2, 0.25) is 0 Å². The highest BCUT2D eigenvalue weighted by atomic mass is 35.5. The molecular weight excluding hydrogens is 202 g/mol. The van der Waals surface area contributed by atoms with Crippen molar-refractivity contribution in [2.75, 3.05) is 0 Å². The number of carbonyl (C=O) groups excluding carboxylic acids is 2. The molecule has 14 heavy (non-hydrogen) atoms. The fourth-order valence-electron chi connectivity index (χ4n) is 1.53. The molecule has 2 atom stereocenters. The quantitative estimate of drug-likeness (QED) is 0.555. The lowest BCUT2D eigenvalue weighted by molar-refractivity contribution is -0.125. The lowest BCUT2D eigenvalue weighted by Gasteiger charge is -2.08. The Morgan fingerprint density at radius 2 is 1.71 bits per heavy atom. The molecule has 0 aliphatic carbocycles. The minimum atomic E-state index is -0.787. The van der Waals surface area contributed by atoms with Gasteiger partial charge in [-0.1, -0.05) is 30.3 Å². The summed E-state index contributed by atoms with van der Waals surface area (Å²) in [5, 5.41) is 1.42. The Bertz CT molecular complexity index is 377. The standard InChI is InChI=1S/C10H8ClNO2/c11-8-7(9(13)12-10(8)14)6-4-2-1-3-5-6/h1-5,7-8H,(H,12,13,14)/t7-,8-/m1/s1. The van der Waals surface area contributed by atoms with Crippen LogP contribution in [0.25, 0.3) is 0 Å². The highest BCUT2D eigenvalue weighted by molar-refractivity contribution is 6.37. The van der Waals surface area contributed by atoms with E-state index in [1.807, 2.05) is 18.2 Å². The van der Waals surface area contributed by atoms with Crippen LogP contribution in [0, 0.1) is 0 Å². The minimum Gasteiger partial charge on any atom is -0.295 e. The molecule has 1 N–H and O–H groups in total. The maximum absolute atomic E-state index is 11.4. The molecule has 1 aromatic carbocycles. The van der Waals surface area contributed by atoms with Crippen LogP contribution in [0.1, 0.15) is 11.5 Å². The number of rotatable bonds is 1. The molecule has 0 aromatic heterocycles. The average Bonchev–Trinajstić information content (AvgIpc) is 2.43. The van der Waals surface area contributed by atoms with E-state index in [0.29, 0.717) is 0 Å². The van der Waals surface area contributed by atoms with Gasteiger partial charge >= 0.3 is 0 Å². The summed E-state index contributed by atoms with van der Waals surface area (Å²) in [6, 6.07) is 9.06. The van der Waals surface area contributed by atoms with Crippen LogP contribution in [0.3, 0.4) is 0 Å². The molecule has 4 heteroatoms. The Morgan fingerprint density at radius 3 is 2.21 bits per heavy atom. The van der Waals surface area contributed by atoms with Crippen molar-refractivity contribution in [3.63, 3.8) is 0 Å². The van der Waals surface area contributed by atoms with E-state index in [9.17, 15) is 9.59 Å². The third kappa shape index (κ3) is 1.40. The SMILES string of the molecule is O=C1NC(=O)[C@H](Cl)[C@H]1c1ccccc1. The summed E-state index contributed by atoms with van der Waals surface area (Å²) in [6.45, 7) is 0. The summed E-state index contributed by atoms with van der Waals surface area (Å²) in [5.74, 6) is -1.28. The van der Waals surface area contributed by atoms with Crippen molar-refractivity contribution in [3.05, 3.63) is 35.9 Å². The van der Waals surface area contributed by atoms with Crippen molar-refractivity contribution in [1.29, 1.82) is 0 Å². The van der Waals surface area contributed by atoms with Gasteiger partial charge in [0.2, 0.25) is 11.8 Å². The molecule has 1 aromatic rings. The summed E-state index contributed by atoms with van der Waals surface area (Å²) in [6.07, 6.45) is 0. The number of benzene rings is 1. The van der Waals surface area contributed by atoms with E-state index in [1.54, 1.807) is 12.1 Å². The molecule has 2 rings (SSSR count). The normalized spacial score (nSPS) is 26.4. The number of carbonyl (C=O) groups is 2. The molecule has 2 amide bonds. The van der Waals surface area contributed by atoms with Crippen molar-refractivity contribution in [2.45, 2.75) is 11.3 Å². The maximum atomic E-state index is 11.4. The smallest absolute Gasteiger partial charge is 0.245 e. The molecule has 1 fully saturated rings. The van der Waals surface area contributed by atoms with Gasteiger partial charge in [0.25, 0.3) is 0 Å². The van der Waals surface area contributed by atoms with Crippen LogP contribution in [0.5, 0.6) is 0 Å². The van der Waals surface area contributed by atoms with Gasteiger partial charge in [-0.2, -0.15) is 0 Å². The fourth-order valence-corrected chi connectivity index (χ4v) is 1.85. The third-order valence-corrected chi connectivity index (χ3v) is 2.68. The molecule has 3 nitrogen and oxygen atoms in total. The Balaban J connectivity index is 2.36. The Labute approximate surface area is 86.1 Å². The third-order valence-electron chi connectivity index (χ3n) is 2.23. The van der Waals surface area contributed by atoms with Crippen LogP contribution in [0.4, 0.5) is 0 Å². The Kier molecular flexibility index (Phi) is 2.25. The largest absolute Gasteiger partial charge is 0.295 e.